The summed E-state index contributed by atoms with van der Waals surface area (Å²) in [6.45, 7) is 8.63. The van der Waals surface area contributed by atoms with Crippen LogP contribution in [0.1, 0.15) is 38.7 Å². The Morgan fingerprint density at radius 1 is 1.19 bits per heavy atom. The van der Waals surface area contributed by atoms with Crippen LogP contribution in [0.4, 0.5) is 0 Å². The Kier molecular flexibility index (Phi) is 9.10. The fraction of sp³-hybridized carbons (Fsp3) is 0.650. The largest absolute Gasteiger partial charge is 0.493 e. The minimum atomic E-state index is 0.580. The van der Waals surface area contributed by atoms with Crippen LogP contribution in [-0.4, -0.2) is 46.0 Å². The van der Waals surface area contributed by atoms with E-state index in [2.05, 4.69) is 22.5 Å². The van der Waals surface area contributed by atoms with Crippen molar-refractivity contribution in [1.29, 1.82) is 0 Å². The van der Waals surface area contributed by atoms with Gasteiger partial charge in [0.25, 0.3) is 0 Å². The molecule has 0 aliphatic heterocycles. The van der Waals surface area contributed by atoms with Crippen LogP contribution in [0.25, 0.3) is 0 Å². The second kappa shape index (κ2) is 11.6. The highest BCUT2D eigenvalue weighted by molar-refractivity contribution is 5.79. The number of ether oxygens (including phenoxy) is 3. The number of rotatable bonds is 12. The van der Waals surface area contributed by atoms with Crippen LogP contribution in [-0.2, 0) is 11.3 Å². The Bertz CT molecular complexity index is 559. The maximum Gasteiger partial charge on any atom is 0.191 e. The van der Waals surface area contributed by atoms with E-state index in [-0.39, 0.29) is 0 Å². The van der Waals surface area contributed by atoms with Crippen LogP contribution >= 0.6 is 0 Å². The van der Waals surface area contributed by atoms with E-state index < -0.39 is 0 Å². The molecule has 6 nitrogen and oxygen atoms in total. The van der Waals surface area contributed by atoms with Gasteiger partial charge >= 0.3 is 0 Å². The Morgan fingerprint density at radius 2 is 2.04 bits per heavy atom. The zero-order chi connectivity index (χ0) is 18.6. The van der Waals surface area contributed by atoms with Crippen molar-refractivity contribution >= 4 is 5.96 Å². The summed E-state index contributed by atoms with van der Waals surface area (Å²) in [5.74, 6) is 3.15. The van der Waals surface area contributed by atoms with E-state index in [1.807, 2.05) is 25.1 Å². The van der Waals surface area contributed by atoms with Gasteiger partial charge in [0.15, 0.2) is 17.5 Å². The van der Waals surface area contributed by atoms with Crippen molar-refractivity contribution in [3.05, 3.63) is 23.8 Å². The normalized spacial score (nSPS) is 14.2. The molecule has 0 radical (unpaired) electrons. The summed E-state index contributed by atoms with van der Waals surface area (Å²) in [5, 5.41) is 6.63. The number of methoxy groups -OCH3 is 1. The third kappa shape index (κ3) is 7.52. The third-order valence-corrected chi connectivity index (χ3v) is 4.10. The molecule has 1 fully saturated rings. The maximum absolute atomic E-state index is 5.66. The van der Waals surface area contributed by atoms with E-state index >= 15 is 0 Å². The van der Waals surface area contributed by atoms with Gasteiger partial charge in [-0.15, -0.1) is 0 Å². The summed E-state index contributed by atoms with van der Waals surface area (Å²) < 4.78 is 16.6. The highest BCUT2D eigenvalue weighted by Gasteiger charge is 2.20. The van der Waals surface area contributed by atoms with E-state index in [0.717, 1.165) is 61.7 Å². The van der Waals surface area contributed by atoms with Gasteiger partial charge in [0, 0.05) is 26.3 Å². The Labute approximate surface area is 157 Å². The summed E-state index contributed by atoms with van der Waals surface area (Å²) in [7, 11) is 1.65. The molecule has 0 atom stereocenters. The maximum atomic E-state index is 5.66. The van der Waals surface area contributed by atoms with Gasteiger partial charge in [-0.25, -0.2) is 4.99 Å². The first-order chi connectivity index (χ1) is 12.8. The quantitative estimate of drug-likeness (QED) is 0.340. The smallest absolute Gasteiger partial charge is 0.191 e. The van der Waals surface area contributed by atoms with Crippen molar-refractivity contribution in [2.24, 2.45) is 10.9 Å². The predicted molar refractivity (Wildman–Crippen MR) is 105 cm³/mol. The lowest BCUT2D eigenvalue weighted by Gasteiger charge is -2.12. The fourth-order valence-corrected chi connectivity index (χ4v) is 2.51. The zero-order valence-electron chi connectivity index (χ0n) is 16.3. The van der Waals surface area contributed by atoms with Crippen molar-refractivity contribution in [3.63, 3.8) is 0 Å². The topological polar surface area (TPSA) is 64.1 Å². The molecule has 26 heavy (non-hydrogen) atoms. The highest BCUT2D eigenvalue weighted by atomic mass is 16.5. The SMILES string of the molecule is CCNC(=NCc1ccc(OCC)c(OC)c1)NCCCOCC1CC1. The molecular formula is C20H33N3O3. The van der Waals surface area contributed by atoms with E-state index in [0.29, 0.717) is 13.2 Å². The molecule has 0 heterocycles. The van der Waals surface area contributed by atoms with E-state index in [1.165, 1.54) is 12.8 Å². The molecule has 2 N–H and O–H groups in total. The molecule has 0 unspecified atom stereocenters. The molecule has 0 amide bonds. The van der Waals surface area contributed by atoms with Gasteiger partial charge in [0.1, 0.15) is 0 Å². The number of hydrogen-bond donors (Lipinski definition) is 2. The monoisotopic (exact) mass is 363 g/mol. The number of benzene rings is 1. The van der Waals surface area contributed by atoms with Gasteiger partial charge in [0.2, 0.25) is 0 Å². The molecule has 1 aliphatic rings. The number of hydrogen-bond acceptors (Lipinski definition) is 4. The van der Waals surface area contributed by atoms with Crippen LogP contribution in [0, 0.1) is 5.92 Å². The van der Waals surface area contributed by atoms with Crippen molar-refractivity contribution in [3.8, 4) is 11.5 Å². The predicted octanol–water partition coefficient (Wildman–Crippen LogP) is 2.97. The second-order valence-corrected chi connectivity index (χ2v) is 6.41. The van der Waals surface area contributed by atoms with Crippen molar-refractivity contribution < 1.29 is 14.2 Å². The van der Waals surface area contributed by atoms with Crippen molar-refractivity contribution in [2.45, 2.75) is 39.7 Å². The molecular weight excluding hydrogens is 330 g/mol. The Morgan fingerprint density at radius 3 is 2.73 bits per heavy atom. The van der Waals surface area contributed by atoms with Crippen LogP contribution in [0.3, 0.4) is 0 Å². The Balaban J connectivity index is 1.78. The average molecular weight is 364 g/mol. The van der Waals surface area contributed by atoms with Gasteiger partial charge in [0.05, 0.1) is 20.3 Å². The first-order valence-electron chi connectivity index (χ1n) is 9.66. The lowest BCUT2D eigenvalue weighted by molar-refractivity contribution is 0.123. The lowest BCUT2D eigenvalue weighted by atomic mass is 10.2. The minimum Gasteiger partial charge on any atom is -0.493 e. The third-order valence-electron chi connectivity index (χ3n) is 4.10. The number of nitrogens with zero attached hydrogens (tertiary/aromatic N) is 1. The number of nitrogens with one attached hydrogen (secondary N) is 2. The standard InChI is InChI=1S/C20H33N3O3/c1-4-21-20(22-11-6-12-25-15-16-7-8-16)23-14-17-9-10-18(26-5-2)19(13-17)24-3/h9-10,13,16H,4-8,11-12,14-15H2,1-3H3,(H2,21,22,23). The second-order valence-electron chi connectivity index (χ2n) is 6.41. The molecule has 146 valence electrons. The molecule has 1 aliphatic carbocycles. The molecule has 0 bridgehead atoms. The van der Waals surface area contributed by atoms with Gasteiger partial charge in [-0.05, 0) is 56.7 Å². The summed E-state index contributed by atoms with van der Waals surface area (Å²) in [6.07, 6.45) is 3.66. The van der Waals surface area contributed by atoms with Crippen LogP contribution in [0.5, 0.6) is 11.5 Å². The summed E-state index contributed by atoms with van der Waals surface area (Å²) in [6, 6.07) is 5.93. The van der Waals surface area contributed by atoms with Gasteiger partial charge in [-0.1, -0.05) is 6.07 Å². The van der Waals surface area contributed by atoms with Crippen LogP contribution < -0.4 is 20.1 Å². The zero-order valence-corrected chi connectivity index (χ0v) is 16.3. The first kappa shape index (κ1) is 20.4. The van der Waals surface area contributed by atoms with E-state index in [4.69, 9.17) is 14.2 Å². The fourth-order valence-electron chi connectivity index (χ4n) is 2.51. The Hall–Kier alpha value is -1.95. The molecule has 1 aromatic rings. The van der Waals surface area contributed by atoms with E-state index in [9.17, 15) is 0 Å². The molecule has 1 aromatic carbocycles. The van der Waals surface area contributed by atoms with Crippen molar-refractivity contribution in [1.82, 2.24) is 10.6 Å². The summed E-state index contributed by atoms with van der Waals surface area (Å²) in [4.78, 5) is 4.65. The molecule has 0 spiro atoms. The minimum absolute atomic E-state index is 0.580. The molecule has 0 saturated heterocycles. The summed E-state index contributed by atoms with van der Waals surface area (Å²) in [5.41, 5.74) is 1.08. The number of aliphatic imine (C=N–C) groups is 1. The first-order valence-corrected chi connectivity index (χ1v) is 9.66. The summed E-state index contributed by atoms with van der Waals surface area (Å²) >= 11 is 0. The molecule has 6 heteroatoms. The van der Waals surface area contributed by atoms with Gasteiger partial charge < -0.3 is 24.8 Å². The highest BCUT2D eigenvalue weighted by Crippen LogP contribution is 2.29. The lowest BCUT2D eigenvalue weighted by Crippen LogP contribution is -2.38. The van der Waals surface area contributed by atoms with Crippen LogP contribution in [0.15, 0.2) is 23.2 Å². The number of guanidine groups is 1. The van der Waals surface area contributed by atoms with Gasteiger partial charge in [-0.2, -0.15) is 0 Å². The molecule has 2 rings (SSSR count). The van der Waals surface area contributed by atoms with Crippen molar-refractivity contribution in [2.75, 3.05) is 40.0 Å². The molecule has 0 aromatic heterocycles. The van der Waals surface area contributed by atoms with Crippen LogP contribution in [0.2, 0.25) is 0 Å². The average Bonchev–Trinajstić information content (AvgIpc) is 3.47. The van der Waals surface area contributed by atoms with Gasteiger partial charge in [-0.3, -0.25) is 0 Å². The molecule has 1 saturated carbocycles. The van der Waals surface area contributed by atoms with E-state index in [1.54, 1.807) is 7.11 Å².